The minimum atomic E-state index is -0.782. The molecule has 1 unspecified atom stereocenters. The maximum Gasteiger partial charge on any atom is 0.326 e. The molecule has 2 bridgehead atoms. The van der Waals surface area contributed by atoms with Crippen molar-refractivity contribution in [1.82, 2.24) is 24.9 Å². The summed E-state index contributed by atoms with van der Waals surface area (Å²) in [5, 5.41) is 14.2. The van der Waals surface area contributed by atoms with Crippen LogP contribution < -0.4 is 20.7 Å². The molecular weight excluding hydrogens is 451 g/mol. The van der Waals surface area contributed by atoms with Gasteiger partial charge in [-0.25, -0.2) is 14.4 Å². The average Bonchev–Trinajstić information content (AvgIpc) is 3.45. The Labute approximate surface area is 200 Å². The van der Waals surface area contributed by atoms with Crippen LogP contribution in [0.5, 0.6) is 11.8 Å². The molecule has 2 fully saturated rings. The lowest BCUT2D eigenvalue weighted by molar-refractivity contribution is 0.188. The van der Waals surface area contributed by atoms with Gasteiger partial charge in [-0.2, -0.15) is 9.97 Å². The first kappa shape index (κ1) is 21.9. The summed E-state index contributed by atoms with van der Waals surface area (Å²) < 4.78 is 20.5. The fourth-order valence-corrected chi connectivity index (χ4v) is 5.64. The lowest BCUT2D eigenvalue weighted by Crippen LogP contribution is -2.41. The Kier molecular flexibility index (Phi) is 5.01. The van der Waals surface area contributed by atoms with Gasteiger partial charge in [0, 0.05) is 31.1 Å². The van der Waals surface area contributed by atoms with Crippen molar-refractivity contribution in [3.63, 3.8) is 0 Å². The van der Waals surface area contributed by atoms with Gasteiger partial charge in [0.15, 0.2) is 11.6 Å². The summed E-state index contributed by atoms with van der Waals surface area (Å²) in [6.07, 6.45) is 3.04. The number of halogens is 1. The summed E-state index contributed by atoms with van der Waals surface area (Å²) in [4.78, 5) is 23.3. The quantitative estimate of drug-likeness (QED) is 0.341. The molecule has 35 heavy (non-hydrogen) atoms. The maximum atomic E-state index is 14.5. The third kappa shape index (κ3) is 3.45. The standard InChI is InChI=1S/C24H27FN8O2/c1-10-15-9-33(18(10)6-16(15)26)23-19-14-4-12(25)5-17(27-3)20(14)30-22(19)31-24(32-23)35-13-7-28-21(11(2)34)29-8-13/h4-5,7-8,10-11,15-16,18,27,34H,6,9,26H2,1-3H3,(H,30,31,32)/t10-,11?,15+,16-,18+/m1/s1. The number of nitrogens with one attached hydrogen (secondary N) is 2. The van der Waals surface area contributed by atoms with Crippen LogP contribution in [0.4, 0.5) is 15.9 Å². The fourth-order valence-electron chi connectivity index (χ4n) is 5.64. The summed E-state index contributed by atoms with van der Waals surface area (Å²) in [5.41, 5.74) is 8.30. The maximum absolute atomic E-state index is 14.5. The van der Waals surface area contributed by atoms with Crippen LogP contribution in [0.3, 0.4) is 0 Å². The summed E-state index contributed by atoms with van der Waals surface area (Å²) >= 11 is 0. The normalized spacial score (nSPS) is 24.5. The van der Waals surface area contributed by atoms with Crippen LogP contribution in [0.15, 0.2) is 24.5 Å². The van der Waals surface area contributed by atoms with Crippen LogP contribution in [-0.2, 0) is 0 Å². The number of hydrogen-bond acceptors (Lipinski definition) is 9. The molecule has 10 nitrogen and oxygen atoms in total. The monoisotopic (exact) mass is 478 g/mol. The van der Waals surface area contributed by atoms with E-state index in [1.54, 1.807) is 14.0 Å². The number of aliphatic hydroxyl groups is 1. The predicted octanol–water partition coefficient (Wildman–Crippen LogP) is 3.10. The SMILES string of the molecule is CNc1cc(F)cc2c1[nH]c1nc(Oc3cnc(C(C)O)nc3)nc(N3C[C@H]4[C@@H](C)[C@@H]3C[C@H]4N)c12. The summed E-state index contributed by atoms with van der Waals surface area (Å²) in [6, 6.07) is 3.48. The minimum absolute atomic E-state index is 0.124. The second-order valence-corrected chi connectivity index (χ2v) is 9.50. The van der Waals surface area contributed by atoms with E-state index < -0.39 is 6.10 Å². The van der Waals surface area contributed by atoms with Crippen LogP contribution in [0.2, 0.25) is 0 Å². The van der Waals surface area contributed by atoms with Crippen LogP contribution in [0, 0.1) is 17.7 Å². The van der Waals surface area contributed by atoms with E-state index in [-0.39, 0.29) is 23.9 Å². The van der Waals surface area contributed by atoms with E-state index in [1.165, 1.54) is 24.5 Å². The van der Waals surface area contributed by atoms with Crippen LogP contribution in [0.25, 0.3) is 21.9 Å². The van der Waals surface area contributed by atoms with E-state index in [2.05, 4.69) is 37.1 Å². The molecule has 3 aromatic heterocycles. The Balaban J connectivity index is 1.51. The molecule has 1 aliphatic heterocycles. The lowest BCUT2D eigenvalue weighted by atomic mass is 9.98. The number of hydrogen-bond donors (Lipinski definition) is 4. The molecular formula is C24H27FN8O2. The van der Waals surface area contributed by atoms with Crippen molar-refractivity contribution in [2.75, 3.05) is 23.8 Å². The van der Waals surface area contributed by atoms with Crippen molar-refractivity contribution in [2.24, 2.45) is 17.6 Å². The molecule has 4 heterocycles. The number of piperidine rings is 1. The zero-order chi connectivity index (χ0) is 24.4. The number of nitrogens with zero attached hydrogens (tertiary/aromatic N) is 5. The number of aromatic amines is 1. The number of aliphatic hydroxyl groups excluding tert-OH is 1. The summed E-state index contributed by atoms with van der Waals surface area (Å²) in [6.45, 7) is 4.59. The molecule has 2 aliphatic rings. The van der Waals surface area contributed by atoms with Gasteiger partial charge in [-0.05, 0) is 37.3 Å². The molecule has 4 aromatic rings. The Bertz CT molecular complexity index is 1420. The fraction of sp³-hybridized carbons (Fsp3) is 0.417. The minimum Gasteiger partial charge on any atom is -0.421 e. The van der Waals surface area contributed by atoms with Gasteiger partial charge < -0.3 is 30.8 Å². The average molecular weight is 479 g/mol. The smallest absolute Gasteiger partial charge is 0.326 e. The molecule has 182 valence electrons. The van der Waals surface area contributed by atoms with Crippen molar-refractivity contribution in [1.29, 1.82) is 0 Å². The van der Waals surface area contributed by atoms with Crippen molar-refractivity contribution in [3.05, 3.63) is 36.2 Å². The largest absolute Gasteiger partial charge is 0.421 e. The molecule has 5 atom stereocenters. The molecule has 0 spiro atoms. The Morgan fingerprint density at radius 2 is 2.06 bits per heavy atom. The molecule has 1 saturated heterocycles. The Hall–Kier alpha value is -3.57. The molecule has 11 heteroatoms. The molecule has 1 aliphatic carbocycles. The Morgan fingerprint density at radius 3 is 2.69 bits per heavy atom. The number of rotatable bonds is 5. The zero-order valence-electron chi connectivity index (χ0n) is 19.7. The van der Waals surface area contributed by atoms with Gasteiger partial charge in [-0.15, -0.1) is 0 Å². The lowest BCUT2D eigenvalue weighted by Gasteiger charge is -2.31. The highest BCUT2D eigenvalue weighted by Gasteiger charge is 2.49. The van der Waals surface area contributed by atoms with Crippen molar-refractivity contribution in [3.8, 4) is 11.8 Å². The third-order valence-electron chi connectivity index (χ3n) is 7.41. The number of ether oxygens (including phenoxy) is 1. The van der Waals surface area contributed by atoms with E-state index in [1.807, 2.05) is 0 Å². The number of H-pyrrole nitrogens is 1. The van der Waals surface area contributed by atoms with Gasteiger partial charge >= 0.3 is 6.01 Å². The van der Waals surface area contributed by atoms with Crippen molar-refractivity contribution >= 4 is 33.4 Å². The van der Waals surface area contributed by atoms with E-state index in [9.17, 15) is 9.50 Å². The van der Waals surface area contributed by atoms with Gasteiger partial charge in [-0.3, -0.25) is 0 Å². The van der Waals surface area contributed by atoms with Gasteiger partial charge in [0.1, 0.15) is 23.4 Å². The first-order chi connectivity index (χ1) is 16.8. The number of fused-ring (bicyclic) bond motifs is 5. The first-order valence-corrected chi connectivity index (χ1v) is 11.7. The molecule has 0 amide bonds. The van der Waals surface area contributed by atoms with Gasteiger partial charge in [0.2, 0.25) is 0 Å². The van der Waals surface area contributed by atoms with Gasteiger partial charge in [0.25, 0.3) is 0 Å². The second kappa shape index (κ2) is 7.99. The summed E-state index contributed by atoms with van der Waals surface area (Å²) in [5.74, 6) is 1.78. The second-order valence-electron chi connectivity index (χ2n) is 9.50. The van der Waals surface area contributed by atoms with E-state index >= 15 is 0 Å². The number of benzene rings is 1. The molecule has 1 saturated carbocycles. The van der Waals surface area contributed by atoms with Crippen LogP contribution >= 0.6 is 0 Å². The van der Waals surface area contributed by atoms with Gasteiger partial charge in [-0.1, -0.05) is 6.92 Å². The third-order valence-corrected chi connectivity index (χ3v) is 7.41. The zero-order valence-corrected chi connectivity index (χ0v) is 19.7. The first-order valence-electron chi connectivity index (χ1n) is 11.7. The highest BCUT2D eigenvalue weighted by atomic mass is 19.1. The van der Waals surface area contributed by atoms with Crippen molar-refractivity contribution in [2.45, 2.75) is 38.5 Å². The van der Waals surface area contributed by atoms with Crippen LogP contribution in [0.1, 0.15) is 32.2 Å². The number of aromatic nitrogens is 5. The van der Waals surface area contributed by atoms with Crippen molar-refractivity contribution < 1.29 is 14.2 Å². The van der Waals surface area contributed by atoms with E-state index in [0.29, 0.717) is 45.9 Å². The number of anilines is 2. The van der Waals surface area contributed by atoms with Gasteiger partial charge in [0.05, 0.1) is 29.0 Å². The Morgan fingerprint density at radius 1 is 1.29 bits per heavy atom. The van der Waals surface area contributed by atoms with E-state index in [4.69, 9.17) is 15.5 Å². The molecule has 6 rings (SSSR count). The topological polar surface area (TPSA) is 138 Å². The highest BCUT2D eigenvalue weighted by molar-refractivity contribution is 6.14. The number of nitrogens with two attached hydrogens (primary N) is 1. The predicted molar refractivity (Wildman–Crippen MR) is 130 cm³/mol. The molecule has 0 radical (unpaired) electrons. The van der Waals surface area contributed by atoms with E-state index in [0.717, 1.165) is 23.9 Å². The highest BCUT2D eigenvalue weighted by Crippen LogP contribution is 2.46. The molecule has 1 aromatic carbocycles. The molecule has 5 N–H and O–H groups in total. The van der Waals surface area contributed by atoms with Crippen LogP contribution in [-0.4, -0.2) is 55.7 Å². The summed E-state index contributed by atoms with van der Waals surface area (Å²) in [7, 11) is 1.75.